The summed E-state index contributed by atoms with van der Waals surface area (Å²) in [4.78, 5) is 27.4. The number of nitrogens with zero attached hydrogens (tertiary/aromatic N) is 1. The van der Waals surface area contributed by atoms with Crippen LogP contribution in [0, 0.1) is 0 Å². The van der Waals surface area contributed by atoms with Crippen molar-refractivity contribution in [3.63, 3.8) is 0 Å². The monoisotopic (exact) mass is 496 g/mol. The van der Waals surface area contributed by atoms with Gasteiger partial charge in [-0.25, -0.2) is 0 Å². The number of methoxy groups -OCH3 is 1. The van der Waals surface area contributed by atoms with E-state index in [1.165, 1.54) is 11.8 Å². The van der Waals surface area contributed by atoms with Crippen LogP contribution in [0.5, 0.6) is 5.75 Å². The third-order valence-electron chi connectivity index (χ3n) is 5.04. The van der Waals surface area contributed by atoms with Crippen molar-refractivity contribution in [3.8, 4) is 5.75 Å². The molecule has 32 heavy (non-hydrogen) atoms. The van der Waals surface area contributed by atoms with Crippen molar-refractivity contribution in [2.75, 3.05) is 19.4 Å². The lowest BCUT2D eigenvalue weighted by Gasteiger charge is -2.29. The second-order valence-electron chi connectivity index (χ2n) is 7.38. The fourth-order valence-electron chi connectivity index (χ4n) is 3.03. The van der Waals surface area contributed by atoms with Gasteiger partial charge in [0.15, 0.2) is 0 Å². The van der Waals surface area contributed by atoms with Crippen LogP contribution < -0.4 is 10.1 Å². The van der Waals surface area contributed by atoms with E-state index >= 15 is 0 Å². The predicted octanol–water partition coefficient (Wildman–Crippen LogP) is 5.57. The van der Waals surface area contributed by atoms with Gasteiger partial charge in [-0.1, -0.05) is 54.7 Å². The lowest BCUT2D eigenvalue weighted by molar-refractivity contribution is -0.138. The molecule has 0 unspecified atom stereocenters. The number of hydrogen-bond acceptors (Lipinski definition) is 4. The van der Waals surface area contributed by atoms with Crippen LogP contribution in [0.15, 0.2) is 42.5 Å². The lowest BCUT2D eigenvalue weighted by atomic mass is 10.1. The van der Waals surface area contributed by atoms with Gasteiger partial charge in [-0.2, -0.15) is 0 Å². The zero-order valence-electron chi connectivity index (χ0n) is 18.7. The molecule has 0 saturated carbocycles. The smallest absolute Gasteiger partial charge is 0.242 e. The minimum Gasteiger partial charge on any atom is -0.497 e. The van der Waals surface area contributed by atoms with Gasteiger partial charge in [-0.15, -0.1) is 11.8 Å². The summed E-state index contributed by atoms with van der Waals surface area (Å²) in [5.74, 6) is 1.38. The van der Waals surface area contributed by atoms with Gasteiger partial charge in [-0.3, -0.25) is 9.59 Å². The fraction of sp³-hybridized carbons (Fsp3) is 0.417. The number of ether oxygens (including phenoxy) is 1. The Morgan fingerprint density at radius 3 is 2.38 bits per heavy atom. The first-order valence-electron chi connectivity index (χ1n) is 10.6. The molecular weight excluding hydrogens is 467 g/mol. The average molecular weight is 497 g/mol. The van der Waals surface area contributed by atoms with Crippen molar-refractivity contribution in [3.05, 3.63) is 63.6 Å². The van der Waals surface area contributed by atoms with E-state index < -0.39 is 6.04 Å². The molecule has 0 fully saturated rings. The lowest BCUT2D eigenvalue weighted by Crippen LogP contribution is -2.48. The Hall–Kier alpha value is -1.89. The van der Waals surface area contributed by atoms with Crippen LogP contribution in [0.2, 0.25) is 10.0 Å². The summed E-state index contributed by atoms with van der Waals surface area (Å²) in [7, 11) is 1.63. The Morgan fingerprint density at radius 2 is 1.78 bits per heavy atom. The Balaban J connectivity index is 2.09. The van der Waals surface area contributed by atoms with Crippen LogP contribution in [-0.4, -0.2) is 42.2 Å². The molecule has 2 amide bonds. The second kappa shape index (κ2) is 13.6. The van der Waals surface area contributed by atoms with Gasteiger partial charge in [0.2, 0.25) is 11.8 Å². The minimum atomic E-state index is -0.645. The van der Waals surface area contributed by atoms with Crippen LogP contribution >= 0.6 is 35.0 Å². The van der Waals surface area contributed by atoms with E-state index in [0.29, 0.717) is 27.9 Å². The number of nitrogens with one attached hydrogen (secondary N) is 1. The Kier molecular flexibility index (Phi) is 11.2. The van der Waals surface area contributed by atoms with E-state index in [0.717, 1.165) is 24.2 Å². The first-order chi connectivity index (χ1) is 15.4. The van der Waals surface area contributed by atoms with Gasteiger partial charge in [0.1, 0.15) is 11.8 Å². The van der Waals surface area contributed by atoms with Crippen molar-refractivity contribution in [2.45, 2.75) is 45.0 Å². The highest BCUT2D eigenvalue weighted by Gasteiger charge is 2.27. The topological polar surface area (TPSA) is 58.6 Å². The molecule has 5 nitrogen and oxygen atoms in total. The van der Waals surface area contributed by atoms with Crippen molar-refractivity contribution in [1.29, 1.82) is 0 Å². The molecule has 0 saturated heterocycles. The summed E-state index contributed by atoms with van der Waals surface area (Å²) < 4.78 is 5.18. The van der Waals surface area contributed by atoms with E-state index in [2.05, 4.69) is 12.2 Å². The maximum atomic E-state index is 13.2. The highest BCUT2D eigenvalue weighted by Crippen LogP contribution is 2.27. The summed E-state index contributed by atoms with van der Waals surface area (Å²) in [5, 5.41) is 3.85. The Labute approximate surface area is 204 Å². The highest BCUT2D eigenvalue weighted by atomic mass is 35.5. The zero-order chi connectivity index (χ0) is 23.5. The molecule has 1 atom stereocenters. The van der Waals surface area contributed by atoms with E-state index in [1.807, 2.05) is 24.3 Å². The van der Waals surface area contributed by atoms with Crippen molar-refractivity contribution >= 4 is 46.8 Å². The minimum absolute atomic E-state index is 0.141. The van der Waals surface area contributed by atoms with E-state index in [-0.39, 0.29) is 24.1 Å². The highest BCUT2D eigenvalue weighted by molar-refractivity contribution is 7.99. The molecule has 174 valence electrons. The number of carbonyl (C=O) groups excluding carboxylic acids is 2. The molecule has 2 aromatic carbocycles. The van der Waals surface area contributed by atoms with Crippen LogP contribution in [0.25, 0.3) is 0 Å². The van der Waals surface area contributed by atoms with Crippen LogP contribution in [0.1, 0.15) is 37.8 Å². The molecule has 0 spiro atoms. The molecule has 0 radical (unpaired) electrons. The number of hydrogen-bond donors (Lipinski definition) is 1. The fourth-order valence-corrected chi connectivity index (χ4v) is 4.42. The quantitative estimate of drug-likeness (QED) is 0.390. The third kappa shape index (κ3) is 7.91. The molecule has 8 heteroatoms. The standard InChI is InChI=1S/C24H30Cl2N2O3S/c1-4-5-13-27-24(30)17(2)28(14-20-21(25)7-6-8-22(20)26)23(29)16-32-15-18-9-11-19(31-3)12-10-18/h6-12,17H,4-5,13-16H2,1-3H3,(H,27,30)/t17-/m1/s1. The van der Waals surface area contributed by atoms with Crippen LogP contribution in [0.4, 0.5) is 0 Å². The number of unbranched alkanes of at least 4 members (excludes halogenated alkanes) is 1. The number of thioether (sulfide) groups is 1. The second-order valence-corrected chi connectivity index (χ2v) is 9.18. The first-order valence-corrected chi connectivity index (χ1v) is 12.5. The van der Waals surface area contributed by atoms with Gasteiger partial charge in [0.05, 0.1) is 12.9 Å². The van der Waals surface area contributed by atoms with Gasteiger partial charge in [-0.05, 0) is 43.2 Å². The summed E-state index contributed by atoms with van der Waals surface area (Å²) in [6.07, 6.45) is 1.87. The molecule has 0 heterocycles. The number of carbonyl (C=O) groups is 2. The van der Waals surface area contributed by atoms with Gasteiger partial charge >= 0.3 is 0 Å². The molecule has 2 rings (SSSR count). The molecule has 1 N–H and O–H groups in total. The van der Waals surface area contributed by atoms with E-state index in [4.69, 9.17) is 27.9 Å². The van der Waals surface area contributed by atoms with Crippen LogP contribution in [0.3, 0.4) is 0 Å². The third-order valence-corrected chi connectivity index (χ3v) is 6.74. The van der Waals surface area contributed by atoms with E-state index in [9.17, 15) is 9.59 Å². The number of rotatable bonds is 12. The molecule has 2 aromatic rings. The van der Waals surface area contributed by atoms with E-state index in [1.54, 1.807) is 37.1 Å². The van der Waals surface area contributed by atoms with Crippen molar-refractivity contribution in [2.24, 2.45) is 0 Å². The molecule has 0 aliphatic rings. The maximum absolute atomic E-state index is 13.2. The van der Waals surface area contributed by atoms with Crippen molar-refractivity contribution in [1.82, 2.24) is 10.2 Å². The number of benzene rings is 2. The SMILES string of the molecule is CCCCNC(=O)[C@@H](C)N(Cc1c(Cl)cccc1Cl)C(=O)CSCc1ccc(OC)cc1. The summed E-state index contributed by atoms with van der Waals surface area (Å²) >= 11 is 14.2. The largest absolute Gasteiger partial charge is 0.497 e. The summed E-state index contributed by atoms with van der Waals surface area (Å²) in [6.45, 7) is 4.55. The predicted molar refractivity (Wildman–Crippen MR) is 134 cm³/mol. The molecule has 0 aromatic heterocycles. The molecular formula is C24H30Cl2N2O3S. The maximum Gasteiger partial charge on any atom is 0.242 e. The Morgan fingerprint density at radius 1 is 1.12 bits per heavy atom. The summed E-state index contributed by atoms with van der Waals surface area (Å²) in [5.41, 5.74) is 1.73. The Bertz CT molecular complexity index is 873. The normalized spacial score (nSPS) is 11.7. The molecule has 0 aliphatic carbocycles. The van der Waals surface area contributed by atoms with Gasteiger partial charge in [0, 0.05) is 34.5 Å². The van der Waals surface area contributed by atoms with Gasteiger partial charge < -0.3 is 15.0 Å². The van der Waals surface area contributed by atoms with Crippen molar-refractivity contribution < 1.29 is 14.3 Å². The number of halogens is 2. The average Bonchev–Trinajstić information content (AvgIpc) is 2.79. The van der Waals surface area contributed by atoms with Crippen LogP contribution in [-0.2, 0) is 21.9 Å². The first kappa shape index (κ1) is 26.4. The van der Waals surface area contributed by atoms with Gasteiger partial charge in [0.25, 0.3) is 0 Å². The number of amides is 2. The molecule has 0 bridgehead atoms. The zero-order valence-corrected chi connectivity index (χ0v) is 21.0. The summed E-state index contributed by atoms with van der Waals surface area (Å²) in [6, 6.07) is 12.3. The molecule has 0 aliphatic heterocycles.